The summed E-state index contributed by atoms with van der Waals surface area (Å²) in [4.78, 5) is 26.5. The van der Waals surface area contributed by atoms with Crippen LogP contribution in [0.2, 0.25) is 0 Å². The zero-order valence-corrected chi connectivity index (χ0v) is 24.5. The molecule has 0 radical (unpaired) electrons. The first-order valence-electron chi connectivity index (χ1n) is 12.6. The van der Waals surface area contributed by atoms with E-state index >= 15 is 4.39 Å². The SMILES string of the molecule is CCOC(=O)[C@@H](C)N[P@](=O)(OC[C@@]1(CCl)O[C@@H](n2cnc3c(N(C)C)nc(N)nc32)[C@@H](F)[C@@H]1O)Oc1ccccc1. The third kappa shape index (κ3) is 6.40. The van der Waals surface area contributed by atoms with Gasteiger partial charge in [0.1, 0.15) is 23.5 Å². The molecule has 0 amide bonds. The molecular formula is C24H32ClFN7O7P. The first-order valence-corrected chi connectivity index (χ1v) is 14.7. The van der Waals surface area contributed by atoms with Crippen LogP contribution in [-0.4, -0.2) is 87.7 Å². The lowest BCUT2D eigenvalue weighted by atomic mass is 9.99. The van der Waals surface area contributed by atoms with Crippen LogP contribution in [0.1, 0.15) is 20.1 Å². The van der Waals surface area contributed by atoms with E-state index in [2.05, 4.69) is 20.0 Å². The summed E-state index contributed by atoms with van der Waals surface area (Å²) < 4.78 is 53.0. The van der Waals surface area contributed by atoms with Crippen molar-refractivity contribution in [3.05, 3.63) is 36.7 Å². The number of carbonyl (C=O) groups is 1. The molecule has 1 aliphatic rings. The normalized spacial score (nSPS) is 24.6. The van der Waals surface area contributed by atoms with E-state index in [4.69, 9.17) is 35.9 Å². The largest absolute Gasteiger partial charge is 0.465 e. The third-order valence-corrected chi connectivity index (χ3v) is 8.33. The van der Waals surface area contributed by atoms with Gasteiger partial charge in [0, 0.05) is 14.1 Å². The summed E-state index contributed by atoms with van der Waals surface area (Å²) in [6.07, 6.45) is -4.04. The molecule has 0 spiro atoms. The van der Waals surface area contributed by atoms with Crippen molar-refractivity contribution in [3.8, 4) is 5.75 Å². The number of halogens is 2. The van der Waals surface area contributed by atoms with Crippen LogP contribution in [0.4, 0.5) is 16.2 Å². The van der Waals surface area contributed by atoms with Crippen LogP contribution in [0.15, 0.2) is 36.7 Å². The summed E-state index contributed by atoms with van der Waals surface area (Å²) in [5, 5.41) is 13.5. The molecule has 3 aromatic rings. The Kier molecular flexibility index (Phi) is 9.36. The molecule has 224 valence electrons. The predicted octanol–water partition coefficient (Wildman–Crippen LogP) is 2.42. The Morgan fingerprint density at radius 2 is 2.07 bits per heavy atom. The molecule has 4 N–H and O–H groups in total. The Labute approximate surface area is 240 Å². The molecule has 41 heavy (non-hydrogen) atoms. The molecule has 0 saturated carbocycles. The van der Waals surface area contributed by atoms with Crippen LogP contribution in [0.3, 0.4) is 0 Å². The summed E-state index contributed by atoms with van der Waals surface area (Å²) in [7, 11) is -0.892. The van der Waals surface area contributed by atoms with E-state index in [9.17, 15) is 14.5 Å². The molecule has 6 atom stereocenters. The average molecular weight is 616 g/mol. The van der Waals surface area contributed by atoms with Gasteiger partial charge >= 0.3 is 13.7 Å². The number of aromatic nitrogens is 4. The summed E-state index contributed by atoms with van der Waals surface area (Å²) in [5.74, 6) is -0.687. The second-order valence-electron chi connectivity index (χ2n) is 9.50. The first kappa shape index (κ1) is 30.9. The Hall–Kier alpha value is -3.07. The van der Waals surface area contributed by atoms with Crippen molar-refractivity contribution >= 4 is 48.2 Å². The number of esters is 1. The number of aliphatic hydroxyl groups is 1. The zero-order valence-electron chi connectivity index (χ0n) is 22.8. The van der Waals surface area contributed by atoms with E-state index in [1.54, 1.807) is 44.1 Å². The molecular weight excluding hydrogens is 584 g/mol. The van der Waals surface area contributed by atoms with Gasteiger partial charge in [-0.2, -0.15) is 15.1 Å². The second-order valence-corrected chi connectivity index (χ2v) is 11.5. The highest BCUT2D eigenvalue weighted by Crippen LogP contribution is 2.49. The van der Waals surface area contributed by atoms with Crippen LogP contribution in [0, 0.1) is 0 Å². The molecule has 1 saturated heterocycles. The topological polar surface area (TPSA) is 176 Å². The number of anilines is 2. The highest BCUT2D eigenvalue weighted by molar-refractivity contribution is 7.52. The van der Waals surface area contributed by atoms with Crippen LogP contribution in [0.5, 0.6) is 5.75 Å². The molecule has 0 unspecified atom stereocenters. The van der Waals surface area contributed by atoms with Gasteiger partial charge in [0.2, 0.25) is 5.95 Å². The fraction of sp³-hybridized carbons (Fsp3) is 0.500. The fourth-order valence-corrected chi connectivity index (χ4v) is 6.02. The van der Waals surface area contributed by atoms with Gasteiger partial charge in [-0.3, -0.25) is 13.9 Å². The Morgan fingerprint density at radius 1 is 1.37 bits per heavy atom. The third-order valence-electron chi connectivity index (χ3n) is 6.25. The lowest BCUT2D eigenvalue weighted by Crippen LogP contribution is -2.48. The molecule has 0 aliphatic carbocycles. The molecule has 17 heteroatoms. The van der Waals surface area contributed by atoms with Gasteiger partial charge in [0.05, 0.1) is 25.4 Å². The zero-order chi connectivity index (χ0) is 29.9. The monoisotopic (exact) mass is 615 g/mol. The van der Waals surface area contributed by atoms with Crippen molar-refractivity contribution in [1.82, 2.24) is 24.6 Å². The molecule has 1 aromatic carbocycles. The number of benzene rings is 1. The van der Waals surface area contributed by atoms with Gasteiger partial charge in [-0.05, 0) is 26.0 Å². The number of nitrogen functional groups attached to an aromatic ring is 1. The minimum absolute atomic E-state index is 0.0790. The number of nitrogens with two attached hydrogens (primary N) is 1. The standard InChI is InChI=1S/C24H32ClFN7O7P/c1-5-37-22(35)14(2)31-41(36,40-15-9-7-6-8-10-15)38-12-24(11-25)18(34)16(26)21(39-24)33-13-28-17-19(32(3)4)29-23(27)30-20(17)33/h6-10,13-14,16,18,21,34H,5,11-12H2,1-4H3,(H,31,36)(H2,27,29,30)/t14-,16+,18+,21-,24-,41+/m1/s1. The van der Waals surface area contributed by atoms with Crippen molar-refractivity contribution in [1.29, 1.82) is 0 Å². The van der Waals surface area contributed by atoms with Crippen molar-refractivity contribution in [2.45, 2.75) is 44.0 Å². The maximum Gasteiger partial charge on any atom is 0.459 e. The highest BCUT2D eigenvalue weighted by atomic mass is 35.5. The molecule has 3 heterocycles. The number of rotatable bonds is 12. The summed E-state index contributed by atoms with van der Waals surface area (Å²) in [5.41, 5.74) is 4.46. The van der Waals surface area contributed by atoms with E-state index in [-0.39, 0.29) is 24.0 Å². The minimum Gasteiger partial charge on any atom is -0.465 e. The summed E-state index contributed by atoms with van der Waals surface area (Å²) >= 11 is 6.21. The van der Waals surface area contributed by atoms with Gasteiger partial charge in [-0.15, -0.1) is 11.6 Å². The lowest BCUT2D eigenvalue weighted by Gasteiger charge is -2.31. The van der Waals surface area contributed by atoms with E-state index in [0.29, 0.717) is 11.3 Å². The van der Waals surface area contributed by atoms with Gasteiger partial charge in [-0.1, -0.05) is 18.2 Å². The number of ether oxygens (including phenoxy) is 2. The maximum atomic E-state index is 15.7. The van der Waals surface area contributed by atoms with Gasteiger partial charge in [0.25, 0.3) is 0 Å². The average Bonchev–Trinajstić information content (AvgIpc) is 3.46. The Bertz CT molecular complexity index is 1420. The maximum absolute atomic E-state index is 15.7. The number of para-hydroxylation sites is 1. The van der Waals surface area contributed by atoms with E-state index in [1.807, 2.05) is 0 Å². The van der Waals surface area contributed by atoms with Crippen LogP contribution >= 0.6 is 19.3 Å². The summed E-state index contributed by atoms with van der Waals surface area (Å²) in [6, 6.07) is 6.95. The van der Waals surface area contributed by atoms with Gasteiger partial charge in [-0.25, -0.2) is 13.9 Å². The summed E-state index contributed by atoms with van der Waals surface area (Å²) in [6.45, 7) is 2.45. The number of hydrogen-bond acceptors (Lipinski definition) is 12. The Morgan fingerprint density at radius 3 is 2.71 bits per heavy atom. The highest BCUT2D eigenvalue weighted by Gasteiger charge is 2.57. The second kappa shape index (κ2) is 12.4. The number of aliphatic hydroxyl groups excluding tert-OH is 1. The number of fused-ring (bicyclic) bond motifs is 1. The van der Waals surface area contributed by atoms with E-state index < -0.39 is 56.3 Å². The number of nitrogens with one attached hydrogen (secondary N) is 1. The van der Waals surface area contributed by atoms with Gasteiger partial charge < -0.3 is 29.7 Å². The predicted molar refractivity (Wildman–Crippen MR) is 148 cm³/mol. The fourth-order valence-electron chi connectivity index (χ4n) is 4.18. The molecule has 14 nitrogen and oxygen atoms in total. The molecule has 4 rings (SSSR count). The van der Waals surface area contributed by atoms with E-state index in [1.165, 1.54) is 30.0 Å². The van der Waals surface area contributed by atoms with E-state index in [0.717, 1.165) is 0 Å². The first-order chi connectivity index (χ1) is 19.4. The number of alkyl halides is 2. The van der Waals surface area contributed by atoms with Crippen molar-refractivity contribution < 1.29 is 37.4 Å². The smallest absolute Gasteiger partial charge is 0.459 e. The molecule has 2 aromatic heterocycles. The quantitative estimate of drug-likeness (QED) is 0.154. The number of nitrogens with zero attached hydrogens (tertiary/aromatic N) is 5. The molecule has 0 bridgehead atoms. The minimum atomic E-state index is -4.36. The lowest BCUT2D eigenvalue weighted by molar-refractivity contribution is -0.144. The van der Waals surface area contributed by atoms with Crippen LogP contribution in [0.25, 0.3) is 11.2 Å². The van der Waals surface area contributed by atoms with Crippen LogP contribution < -0.4 is 20.2 Å². The molecule has 1 aliphatic heterocycles. The number of imidazole rings is 1. The molecule has 1 fully saturated rings. The number of hydrogen-bond donors (Lipinski definition) is 3. The van der Waals surface area contributed by atoms with Crippen molar-refractivity contribution in [3.63, 3.8) is 0 Å². The van der Waals surface area contributed by atoms with Gasteiger partial charge in [0.15, 0.2) is 29.4 Å². The van der Waals surface area contributed by atoms with Crippen molar-refractivity contribution in [2.24, 2.45) is 0 Å². The van der Waals surface area contributed by atoms with Crippen LogP contribution in [-0.2, 0) is 23.4 Å². The Balaban J connectivity index is 1.62. The van der Waals surface area contributed by atoms with Crippen molar-refractivity contribution in [2.75, 3.05) is 43.8 Å². The number of carbonyl (C=O) groups excluding carboxylic acids is 1.